The second kappa shape index (κ2) is 8.79. The molecule has 4 nitrogen and oxygen atoms in total. The fraction of sp³-hybridized carbons (Fsp3) is 0.500. The van der Waals surface area contributed by atoms with Gasteiger partial charge in [-0.2, -0.15) is 0 Å². The van der Waals surface area contributed by atoms with Gasteiger partial charge in [0.15, 0.2) is 0 Å². The monoisotopic (exact) mass is 347 g/mol. The second-order valence-corrected chi connectivity index (χ2v) is 6.53. The van der Waals surface area contributed by atoms with Gasteiger partial charge in [0.2, 0.25) is 5.91 Å². The first kappa shape index (κ1) is 19.2. The largest absolute Gasteiger partial charge is 0.512 e. The zero-order valence-corrected chi connectivity index (χ0v) is 15.0. The number of rotatable bonds is 8. The van der Waals surface area contributed by atoms with Crippen LogP contribution in [0.15, 0.2) is 24.0 Å². The van der Waals surface area contributed by atoms with Crippen LogP contribution in [0.1, 0.15) is 70.8 Å². The lowest BCUT2D eigenvalue weighted by molar-refractivity contribution is -0.123. The highest BCUT2D eigenvalue weighted by molar-refractivity contribution is 6.40. The van der Waals surface area contributed by atoms with E-state index in [1.54, 1.807) is 0 Å². The first-order valence-electron chi connectivity index (χ1n) is 9.04. The minimum absolute atomic E-state index is 0.00224. The van der Waals surface area contributed by atoms with E-state index in [4.69, 9.17) is 0 Å². The van der Waals surface area contributed by atoms with Crippen molar-refractivity contribution in [2.75, 3.05) is 4.90 Å². The molecule has 1 heterocycles. The molecule has 1 aromatic rings. The van der Waals surface area contributed by atoms with Gasteiger partial charge in [0.05, 0.1) is 11.3 Å². The van der Waals surface area contributed by atoms with Crippen LogP contribution in [0.2, 0.25) is 0 Å². The molecule has 5 heteroatoms. The first-order chi connectivity index (χ1) is 12.0. The van der Waals surface area contributed by atoms with Crippen molar-refractivity contribution in [3.8, 4) is 0 Å². The van der Waals surface area contributed by atoms with E-state index in [2.05, 4.69) is 6.92 Å². The van der Waals surface area contributed by atoms with Crippen LogP contribution in [-0.2, 0) is 9.59 Å². The number of hydrogen-bond acceptors (Lipinski definition) is 3. The van der Waals surface area contributed by atoms with Crippen molar-refractivity contribution in [1.29, 1.82) is 0 Å². The van der Waals surface area contributed by atoms with Crippen LogP contribution >= 0.6 is 0 Å². The van der Waals surface area contributed by atoms with Gasteiger partial charge >= 0.3 is 0 Å². The molecule has 0 aliphatic carbocycles. The van der Waals surface area contributed by atoms with Crippen molar-refractivity contribution in [1.82, 2.24) is 0 Å². The van der Waals surface area contributed by atoms with E-state index < -0.39 is 11.7 Å². The van der Waals surface area contributed by atoms with E-state index >= 15 is 0 Å². The fourth-order valence-electron chi connectivity index (χ4n) is 3.18. The number of hydrogen-bond donors (Lipinski definition) is 1. The summed E-state index contributed by atoms with van der Waals surface area (Å²) in [6.45, 7) is 3.54. The molecule has 1 aliphatic rings. The van der Waals surface area contributed by atoms with Gasteiger partial charge in [0.25, 0.3) is 5.91 Å². The zero-order valence-electron chi connectivity index (χ0n) is 15.0. The lowest BCUT2D eigenvalue weighted by Gasteiger charge is -2.15. The van der Waals surface area contributed by atoms with Crippen LogP contribution in [0, 0.1) is 5.82 Å². The standard InChI is InChI=1S/C20H26FNO3/c1-3-4-5-6-7-8-9-10-18(24)22-17-12-11-15(21)13-16(17)19(14(2)23)20(22)25/h11-13,23H,3-10H2,1-2H3/b19-14-. The smallest absolute Gasteiger partial charge is 0.269 e. The van der Waals surface area contributed by atoms with E-state index in [1.165, 1.54) is 50.8 Å². The predicted molar refractivity (Wildman–Crippen MR) is 96.7 cm³/mol. The molecule has 0 radical (unpaired) electrons. The molecule has 0 aromatic heterocycles. The van der Waals surface area contributed by atoms with Crippen LogP contribution < -0.4 is 4.90 Å². The molecule has 2 amide bonds. The average molecular weight is 347 g/mol. The summed E-state index contributed by atoms with van der Waals surface area (Å²) in [4.78, 5) is 26.1. The number of fused-ring (bicyclic) bond motifs is 1. The number of nitrogens with zero attached hydrogens (tertiary/aromatic N) is 1. The highest BCUT2D eigenvalue weighted by Gasteiger charge is 2.38. The molecule has 1 aliphatic heterocycles. The summed E-state index contributed by atoms with van der Waals surface area (Å²) in [6.07, 6.45) is 7.87. The minimum atomic E-state index is -0.575. The van der Waals surface area contributed by atoms with E-state index in [0.29, 0.717) is 5.69 Å². The summed E-state index contributed by atoms with van der Waals surface area (Å²) in [7, 11) is 0. The number of carbonyl (C=O) groups excluding carboxylic acids is 2. The lowest BCUT2D eigenvalue weighted by atomic mass is 10.1. The Morgan fingerprint density at radius 2 is 1.76 bits per heavy atom. The topological polar surface area (TPSA) is 57.6 Å². The lowest BCUT2D eigenvalue weighted by Crippen LogP contribution is -2.33. The molecule has 0 unspecified atom stereocenters. The SMILES string of the molecule is CCCCCCCCCC(=O)N1C(=O)/C(=C(/C)O)c2cc(F)ccc21. The molecule has 0 bridgehead atoms. The van der Waals surface area contributed by atoms with E-state index in [9.17, 15) is 19.1 Å². The Hall–Kier alpha value is -2.17. The summed E-state index contributed by atoms with van der Waals surface area (Å²) in [5.74, 6) is -1.59. The second-order valence-electron chi connectivity index (χ2n) is 6.53. The Morgan fingerprint density at radius 1 is 1.12 bits per heavy atom. The maximum absolute atomic E-state index is 13.5. The third-order valence-corrected chi connectivity index (χ3v) is 4.49. The number of aliphatic hydroxyl groups is 1. The number of imide groups is 1. The molecule has 0 spiro atoms. The minimum Gasteiger partial charge on any atom is -0.512 e. The molecule has 2 rings (SSSR count). The van der Waals surface area contributed by atoms with Gasteiger partial charge in [-0.3, -0.25) is 9.59 Å². The summed E-state index contributed by atoms with van der Waals surface area (Å²) < 4.78 is 13.5. The summed E-state index contributed by atoms with van der Waals surface area (Å²) in [5, 5.41) is 9.78. The van der Waals surface area contributed by atoms with Crippen molar-refractivity contribution in [2.45, 2.75) is 65.2 Å². The van der Waals surface area contributed by atoms with Crippen LogP contribution in [0.5, 0.6) is 0 Å². The molecular formula is C20H26FNO3. The highest BCUT2D eigenvalue weighted by Crippen LogP contribution is 2.39. The number of allylic oxidation sites excluding steroid dienone is 1. The van der Waals surface area contributed by atoms with Crippen molar-refractivity contribution in [3.05, 3.63) is 35.3 Å². The van der Waals surface area contributed by atoms with Crippen LogP contribution in [0.4, 0.5) is 10.1 Å². The Morgan fingerprint density at radius 3 is 2.40 bits per heavy atom. The van der Waals surface area contributed by atoms with E-state index in [0.717, 1.165) is 24.2 Å². The van der Waals surface area contributed by atoms with Gasteiger partial charge in [-0.05, 0) is 31.5 Å². The number of carbonyl (C=O) groups is 2. The summed E-state index contributed by atoms with van der Waals surface area (Å²) in [6, 6.07) is 3.82. The molecule has 25 heavy (non-hydrogen) atoms. The van der Waals surface area contributed by atoms with Crippen LogP contribution in [0.25, 0.3) is 5.57 Å². The number of aliphatic hydroxyl groups excluding tert-OH is 1. The molecule has 0 fully saturated rings. The Kier molecular flexibility index (Phi) is 6.73. The maximum atomic E-state index is 13.5. The van der Waals surface area contributed by atoms with Gasteiger partial charge in [0, 0.05) is 12.0 Å². The molecular weight excluding hydrogens is 321 g/mol. The van der Waals surface area contributed by atoms with Gasteiger partial charge in [-0.25, -0.2) is 9.29 Å². The number of benzene rings is 1. The van der Waals surface area contributed by atoms with Gasteiger partial charge < -0.3 is 5.11 Å². The summed E-state index contributed by atoms with van der Waals surface area (Å²) in [5.41, 5.74) is 0.628. The van der Waals surface area contributed by atoms with Crippen molar-refractivity contribution >= 4 is 23.1 Å². The maximum Gasteiger partial charge on any atom is 0.269 e. The van der Waals surface area contributed by atoms with E-state index in [1.807, 2.05) is 0 Å². The molecule has 1 N–H and O–H groups in total. The molecule has 0 saturated carbocycles. The van der Waals surface area contributed by atoms with Crippen molar-refractivity contribution in [2.24, 2.45) is 0 Å². The number of halogens is 1. The number of amides is 2. The Labute approximate surface area is 148 Å². The third-order valence-electron chi connectivity index (χ3n) is 4.49. The van der Waals surface area contributed by atoms with Gasteiger partial charge in [0.1, 0.15) is 11.6 Å². The van der Waals surface area contributed by atoms with Gasteiger partial charge in [-0.1, -0.05) is 45.4 Å². The third kappa shape index (κ3) is 4.47. The van der Waals surface area contributed by atoms with Crippen molar-refractivity contribution in [3.63, 3.8) is 0 Å². The van der Waals surface area contributed by atoms with Gasteiger partial charge in [-0.15, -0.1) is 0 Å². The van der Waals surface area contributed by atoms with Crippen LogP contribution in [0.3, 0.4) is 0 Å². The van der Waals surface area contributed by atoms with Crippen molar-refractivity contribution < 1.29 is 19.1 Å². The fourth-order valence-corrected chi connectivity index (χ4v) is 3.18. The highest BCUT2D eigenvalue weighted by atomic mass is 19.1. The van der Waals surface area contributed by atoms with Crippen LogP contribution in [-0.4, -0.2) is 16.9 Å². The Balaban J connectivity index is 2.01. The van der Waals surface area contributed by atoms with E-state index in [-0.39, 0.29) is 29.2 Å². The normalized spacial score (nSPS) is 15.5. The number of unbranched alkanes of at least 4 members (excludes halogenated alkanes) is 6. The quantitative estimate of drug-likeness (QED) is 0.403. The molecule has 0 atom stereocenters. The zero-order chi connectivity index (χ0) is 18.4. The molecule has 136 valence electrons. The predicted octanol–water partition coefficient (Wildman–Crippen LogP) is 5.13. The number of anilines is 1. The molecule has 0 saturated heterocycles. The Bertz CT molecular complexity index is 678. The molecule has 1 aromatic carbocycles. The summed E-state index contributed by atoms with van der Waals surface area (Å²) >= 11 is 0. The average Bonchev–Trinajstić information content (AvgIpc) is 2.85. The first-order valence-corrected chi connectivity index (χ1v) is 9.04.